The highest BCUT2D eigenvalue weighted by molar-refractivity contribution is 5.32. The van der Waals surface area contributed by atoms with E-state index in [9.17, 15) is 4.79 Å². The molecule has 1 unspecified atom stereocenters. The Morgan fingerprint density at radius 2 is 2.14 bits per heavy atom. The first-order chi connectivity index (χ1) is 10.1. The molecule has 1 aromatic heterocycles. The minimum atomic E-state index is -0.208. The summed E-state index contributed by atoms with van der Waals surface area (Å²) in [7, 11) is 0. The molecule has 2 heterocycles. The zero-order valence-corrected chi connectivity index (χ0v) is 12.7. The number of nitrogens with two attached hydrogens (primary N) is 1. The van der Waals surface area contributed by atoms with Crippen LogP contribution in [0.4, 0.5) is 0 Å². The molecular weight excluding hydrogens is 264 g/mol. The van der Waals surface area contributed by atoms with Crippen molar-refractivity contribution in [3.05, 3.63) is 51.2 Å². The quantitative estimate of drug-likeness (QED) is 0.934. The summed E-state index contributed by atoms with van der Waals surface area (Å²) in [4.78, 5) is 12.3. The number of fused-ring (bicyclic) bond motifs is 1. The van der Waals surface area contributed by atoms with Crippen LogP contribution >= 0.6 is 0 Å². The molecule has 112 valence electrons. The SMILES string of the molecule is Cc1ccc(C(N)Cn2nc3n(c2=O)CCCC3)c(C)c1. The van der Waals surface area contributed by atoms with E-state index in [1.54, 1.807) is 4.57 Å². The smallest absolute Gasteiger partial charge is 0.322 e. The number of benzene rings is 1. The second kappa shape index (κ2) is 5.48. The topological polar surface area (TPSA) is 65.8 Å². The highest BCUT2D eigenvalue weighted by Gasteiger charge is 2.19. The third kappa shape index (κ3) is 2.65. The average Bonchev–Trinajstić information content (AvgIpc) is 2.76. The van der Waals surface area contributed by atoms with Gasteiger partial charge in [-0.25, -0.2) is 9.48 Å². The van der Waals surface area contributed by atoms with E-state index in [-0.39, 0.29) is 11.7 Å². The molecule has 21 heavy (non-hydrogen) atoms. The maximum atomic E-state index is 12.3. The second-order valence-corrected chi connectivity index (χ2v) is 5.96. The van der Waals surface area contributed by atoms with Gasteiger partial charge in [0.2, 0.25) is 0 Å². The van der Waals surface area contributed by atoms with Gasteiger partial charge in [-0.15, -0.1) is 0 Å². The van der Waals surface area contributed by atoms with Crippen LogP contribution in [-0.2, 0) is 19.5 Å². The lowest BCUT2D eigenvalue weighted by Crippen LogP contribution is -2.30. The first-order valence-corrected chi connectivity index (χ1v) is 7.55. The van der Waals surface area contributed by atoms with Crippen molar-refractivity contribution in [1.82, 2.24) is 14.3 Å². The predicted octanol–water partition coefficient (Wildman–Crippen LogP) is 1.70. The van der Waals surface area contributed by atoms with E-state index in [1.807, 2.05) is 0 Å². The first-order valence-electron chi connectivity index (χ1n) is 7.55. The van der Waals surface area contributed by atoms with Gasteiger partial charge in [0.1, 0.15) is 5.82 Å². The van der Waals surface area contributed by atoms with Crippen LogP contribution in [0, 0.1) is 13.8 Å². The van der Waals surface area contributed by atoms with Crippen LogP contribution in [0.25, 0.3) is 0 Å². The molecule has 1 aliphatic heterocycles. The van der Waals surface area contributed by atoms with Crippen LogP contribution < -0.4 is 11.4 Å². The number of hydrogen-bond donors (Lipinski definition) is 1. The number of rotatable bonds is 3. The fourth-order valence-corrected chi connectivity index (χ4v) is 3.09. The lowest BCUT2D eigenvalue weighted by Gasteiger charge is -2.14. The molecule has 0 saturated heterocycles. The molecule has 0 amide bonds. The maximum Gasteiger partial charge on any atom is 0.345 e. The van der Waals surface area contributed by atoms with Gasteiger partial charge >= 0.3 is 5.69 Å². The van der Waals surface area contributed by atoms with Crippen molar-refractivity contribution in [3.63, 3.8) is 0 Å². The molecule has 5 nitrogen and oxygen atoms in total. The Kier molecular flexibility index (Phi) is 3.68. The summed E-state index contributed by atoms with van der Waals surface area (Å²) in [5.74, 6) is 0.902. The summed E-state index contributed by atoms with van der Waals surface area (Å²) in [6.45, 7) is 5.34. The van der Waals surface area contributed by atoms with Crippen LogP contribution in [0.1, 0.15) is 41.4 Å². The number of aryl methyl sites for hydroxylation is 3. The molecule has 1 aliphatic rings. The van der Waals surface area contributed by atoms with E-state index in [0.29, 0.717) is 6.54 Å². The molecule has 1 atom stereocenters. The van der Waals surface area contributed by atoms with Gasteiger partial charge in [0, 0.05) is 19.0 Å². The van der Waals surface area contributed by atoms with Gasteiger partial charge < -0.3 is 5.73 Å². The fraction of sp³-hybridized carbons (Fsp3) is 0.500. The Balaban J connectivity index is 1.86. The molecule has 0 spiro atoms. The van der Waals surface area contributed by atoms with Crippen molar-refractivity contribution in [3.8, 4) is 0 Å². The Labute approximate surface area is 124 Å². The summed E-state index contributed by atoms with van der Waals surface area (Å²) < 4.78 is 3.32. The molecule has 0 aliphatic carbocycles. The summed E-state index contributed by atoms with van der Waals surface area (Å²) >= 11 is 0. The summed E-state index contributed by atoms with van der Waals surface area (Å²) in [5, 5.41) is 4.45. The standard InChI is InChI=1S/C16H22N4O/c1-11-6-7-13(12(2)9-11)14(17)10-20-16(21)19-8-4-3-5-15(19)18-20/h6-7,9,14H,3-5,8,10,17H2,1-2H3. The van der Waals surface area contributed by atoms with Crippen molar-refractivity contribution < 1.29 is 0 Å². The summed E-state index contributed by atoms with van der Waals surface area (Å²) in [5.41, 5.74) is 9.74. The van der Waals surface area contributed by atoms with E-state index >= 15 is 0 Å². The molecule has 0 fully saturated rings. The fourth-order valence-electron chi connectivity index (χ4n) is 3.09. The van der Waals surface area contributed by atoms with Crippen LogP contribution in [-0.4, -0.2) is 14.3 Å². The lowest BCUT2D eigenvalue weighted by atomic mass is 10.00. The first kappa shape index (κ1) is 14.1. The highest BCUT2D eigenvalue weighted by Crippen LogP contribution is 2.18. The minimum absolute atomic E-state index is 0.0232. The number of aromatic nitrogens is 3. The van der Waals surface area contributed by atoms with Gasteiger partial charge in [0.05, 0.1) is 6.54 Å². The molecule has 2 N–H and O–H groups in total. The Morgan fingerprint density at radius 3 is 2.86 bits per heavy atom. The van der Waals surface area contributed by atoms with E-state index in [4.69, 9.17) is 5.73 Å². The highest BCUT2D eigenvalue weighted by atomic mass is 16.2. The monoisotopic (exact) mass is 286 g/mol. The largest absolute Gasteiger partial charge is 0.345 e. The normalized spacial score (nSPS) is 15.8. The van der Waals surface area contributed by atoms with Crippen molar-refractivity contribution in [2.45, 2.75) is 52.2 Å². The molecule has 0 radical (unpaired) electrons. The van der Waals surface area contributed by atoms with Crippen LogP contribution in [0.15, 0.2) is 23.0 Å². The van der Waals surface area contributed by atoms with Crippen molar-refractivity contribution >= 4 is 0 Å². The Hall–Kier alpha value is -1.88. The van der Waals surface area contributed by atoms with E-state index in [0.717, 1.165) is 37.2 Å². The molecule has 3 rings (SSSR count). The minimum Gasteiger partial charge on any atom is -0.322 e. The van der Waals surface area contributed by atoms with E-state index < -0.39 is 0 Å². The zero-order chi connectivity index (χ0) is 15.0. The third-order valence-electron chi connectivity index (χ3n) is 4.23. The van der Waals surface area contributed by atoms with E-state index in [2.05, 4.69) is 37.1 Å². The van der Waals surface area contributed by atoms with Gasteiger partial charge in [-0.3, -0.25) is 4.57 Å². The van der Waals surface area contributed by atoms with Gasteiger partial charge in [0.15, 0.2) is 0 Å². The maximum absolute atomic E-state index is 12.3. The van der Waals surface area contributed by atoms with E-state index in [1.165, 1.54) is 15.8 Å². The van der Waals surface area contributed by atoms with Crippen LogP contribution in [0.5, 0.6) is 0 Å². The Morgan fingerprint density at radius 1 is 1.33 bits per heavy atom. The van der Waals surface area contributed by atoms with Crippen molar-refractivity contribution in [2.75, 3.05) is 0 Å². The molecule has 2 aromatic rings. The van der Waals surface area contributed by atoms with Gasteiger partial charge in [-0.2, -0.15) is 5.10 Å². The molecule has 0 saturated carbocycles. The van der Waals surface area contributed by atoms with Crippen molar-refractivity contribution in [2.24, 2.45) is 5.73 Å². The van der Waals surface area contributed by atoms with Gasteiger partial charge in [-0.1, -0.05) is 23.8 Å². The number of hydrogen-bond acceptors (Lipinski definition) is 3. The number of nitrogens with zero attached hydrogens (tertiary/aromatic N) is 3. The third-order valence-corrected chi connectivity index (χ3v) is 4.23. The molecule has 5 heteroatoms. The van der Waals surface area contributed by atoms with Crippen LogP contribution in [0.2, 0.25) is 0 Å². The molecular formula is C16H22N4O. The van der Waals surface area contributed by atoms with Gasteiger partial charge in [0.25, 0.3) is 0 Å². The lowest BCUT2D eigenvalue weighted by molar-refractivity contribution is 0.497. The predicted molar refractivity (Wildman–Crippen MR) is 82.3 cm³/mol. The molecule has 1 aromatic carbocycles. The Bertz CT molecular complexity index is 714. The van der Waals surface area contributed by atoms with Crippen LogP contribution in [0.3, 0.4) is 0 Å². The second-order valence-electron chi connectivity index (χ2n) is 5.96. The summed E-state index contributed by atoms with van der Waals surface area (Å²) in [6.07, 6.45) is 3.06. The zero-order valence-electron chi connectivity index (χ0n) is 12.7. The summed E-state index contributed by atoms with van der Waals surface area (Å²) in [6, 6.07) is 6.02. The van der Waals surface area contributed by atoms with Gasteiger partial charge in [-0.05, 0) is 37.8 Å². The van der Waals surface area contributed by atoms with Crippen molar-refractivity contribution in [1.29, 1.82) is 0 Å². The average molecular weight is 286 g/mol. The molecule has 0 bridgehead atoms.